The molecule has 18 heavy (non-hydrogen) atoms. The minimum Gasteiger partial charge on any atom is -0.347 e. The number of benzene rings is 1. The molecule has 1 heterocycles. The third kappa shape index (κ3) is 3.14. The molecule has 0 radical (unpaired) electrons. The Morgan fingerprint density at radius 3 is 2.28 bits per heavy atom. The predicted molar refractivity (Wildman–Crippen MR) is 65.0 cm³/mol. The second kappa shape index (κ2) is 4.77. The van der Waals surface area contributed by atoms with Gasteiger partial charge in [-0.05, 0) is 41.7 Å². The summed E-state index contributed by atoms with van der Waals surface area (Å²) in [6.45, 7) is 0. The van der Waals surface area contributed by atoms with Crippen molar-refractivity contribution in [1.82, 2.24) is 10.6 Å². The first-order valence-corrected chi connectivity index (χ1v) is 6.05. The molecule has 1 saturated heterocycles. The van der Waals surface area contributed by atoms with Crippen molar-refractivity contribution < 1.29 is 18.0 Å². The molecule has 8 heteroatoms. The summed E-state index contributed by atoms with van der Waals surface area (Å²) in [6, 6.07) is 4.95. The lowest BCUT2D eigenvalue weighted by atomic mass is 10.1. The van der Waals surface area contributed by atoms with Gasteiger partial charge < -0.3 is 10.6 Å². The lowest BCUT2D eigenvalue weighted by molar-refractivity contribution is -0.120. The van der Waals surface area contributed by atoms with Gasteiger partial charge in [0.1, 0.15) is 6.04 Å². The van der Waals surface area contributed by atoms with E-state index in [-0.39, 0.29) is 27.7 Å². The fraction of sp³-hybridized carbons (Fsp3) is 0.200. The van der Waals surface area contributed by atoms with Crippen molar-refractivity contribution in [2.75, 3.05) is 0 Å². The number of halogens is 3. The molecule has 2 N–H and O–H groups in total. The smallest absolute Gasteiger partial charge is 0.347 e. The summed E-state index contributed by atoms with van der Waals surface area (Å²) in [5.74, 6) is -0.309. The number of hydrogen-bond acceptors (Lipinski definition) is 3. The summed E-state index contributed by atoms with van der Waals surface area (Å²) in [5, 5.41) is 5.36. The maximum absolute atomic E-state index is 12.1. The van der Waals surface area contributed by atoms with Gasteiger partial charge >= 0.3 is 5.51 Å². The van der Waals surface area contributed by atoms with Gasteiger partial charge in [0.05, 0.1) is 0 Å². The molecule has 1 aliphatic rings. The molecule has 1 fully saturated rings. The molecule has 1 aromatic carbocycles. The molecule has 1 atom stereocenters. The van der Waals surface area contributed by atoms with Crippen LogP contribution in [0.2, 0.25) is 0 Å². The van der Waals surface area contributed by atoms with E-state index >= 15 is 0 Å². The van der Waals surface area contributed by atoms with Gasteiger partial charge in [0, 0.05) is 4.90 Å². The van der Waals surface area contributed by atoms with Gasteiger partial charge in [-0.25, -0.2) is 0 Å². The summed E-state index contributed by atoms with van der Waals surface area (Å²) >= 11 is 4.58. The minimum atomic E-state index is -4.31. The van der Waals surface area contributed by atoms with Crippen LogP contribution in [-0.2, 0) is 4.79 Å². The van der Waals surface area contributed by atoms with E-state index < -0.39 is 11.6 Å². The number of thioether (sulfide) groups is 1. The van der Waals surface area contributed by atoms with Crippen molar-refractivity contribution >= 4 is 35.0 Å². The molecule has 3 nitrogen and oxygen atoms in total. The zero-order chi connectivity index (χ0) is 13.3. The molecule has 1 amide bonds. The minimum absolute atomic E-state index is 0.0761. The zero-order valence-electron chi connectivity index (χ0n) is 8.75. The number of alkyl halides is 3. The molecule has 0 spiro atoms. The summed E-state index contributed by atoms with van der Waals surface area (Å²) in [6.07, 6.45) is 0. The second-order valence-corrected chi connectivity index (χ2v) is 5.06. The highest BCUT2D eigenvalue weighted by molar-refractivity contribution is 8.00. The molecule has 0 aliphatic carbocycles. The van der Waals surface area contributed by atoms with E-state index in [1.54, 1.807) is 0 Å². The zero-order valence-corrected chi connectivity index (χ0v) is 10.4. The maximum atomic E-state index is 12.1. The van der Waals surface area contributed by atoms with E-state index in [1.165, 1.54) is 24.3 Å². The summed E-state index contributed by atoms with van der Waals surface area (Å²) < 4.78 is 36.4. The van der Waals surface area contributed by atoms with Gasteiger partial charge in [-0.3, -0.25) is 4.79 Å². The second-order valence-electron chi connectivity index (χ2n) is 3.51. The van der Waals surface area contributed by atoms with Crippen molar-refractivity contribution in [2.45, 2.75) is 16.4 Å². The quantitative estimate of drug-likeness (QED) is 0.648. The number of thiocarbonyl (C=S) groups is 1. The Morgan fingerprint density at radius 2 is 1.83 bits per heavy atom. The van der Waals surface area contributed by atoms with Crippen LogP contribution in [0.5, 0.6) is 0 Å². The largest absolute Gasteiger partial charge is 0.446 e. The topological polar surface area (TPSA) is 41.1 Å². The number of hydrogen-bond donors (Lipinski definition) is 2. The monoisotopic (exact) mass is 292 g/mol. The summed E-state index contributed by atoms with van der Waals surface area (Å²) in [5.41, 5.74) is -3.75. The summed E-state index contributed by atoms with van der Waals surface area (Å²) in [4.78, 5) is 11.5. The lowest BCUT2D eigenvalue weighted by Crippen LogP contribution is -2.21. The van der Waals surface area contributed by atoms with Crippen LogP contribution in [0.15, 0.2) is 29.2 Å². The fourth-order valence-electron chi connectivity index (χ4n) is 1.51. The standard InChI is InChI=1S/C10H7F3N2OS2/c11-10(12,13)18-6-3-1-5(2-4-6)7-8(16)15-9(17)14-7/h1-4,7H,(H2,14,15,16,17). The van der Waals surface area contributed by atoms with Crippen LogP contribution < -0.4 is 10.6 Å². The van der Waals surface area contributed by atoms with Gasteiger partial charge in [-0.2, -0.15) is 13.2 Å². The Hall–Kier alpha value is -1.28. The normalized spacial score (nSPS) is 19.6. The average molecular weight is 292 g/mol. The first kappa shape index (κ1) is 13.2. The van der Waals surface area contributed by atoms with Crippen LogP contribution in [-0.4, -0.2) is 16.5 Å². The van der Waals surface area contributed by atoms with Crippen LogP contribution in [0.4, 0.5) is 13.2 Å². The third-order valence-electron chi connectivity index (χ3n) is 2.22. The Morgan fingerprint density at radius 1 is 1.22 bits per heavy atom. The highest BCUT2D eigenvalue weighted by atomic mass is 32.2. The van der Waals surface area contributed by atoms with E-state index in [2.05, 4.69) is 10.6 Å². The van der Waals surface area contributed by atoms with Gasteiger partial charge in [0.25, 0.3) is 5.91 Å². The molecule has 0 aromatic heterocycles. The highest BCUT2D eigenvalue weighted by Crippen LogP contribution is 2.37. The molecule has 1 unspecified atom stereocenters. The Bertz CT molecular complexity index is 487. The highest BCUT2D eigenvalue weighted by Gasteiger charge is 2.30. The van der Waals surface area contributed by atoms with Crippen LogP contribution in [0.25, 0.3) is 0 Å². The first-order chi connectivity index (χ1) is 8.35. The molecular weight excluding hydrogens is 285 g/mol. The van der Waals surface area contributed by atoms with Crippen molar-refractivity contribution in [2.24, 2.45) is 0 Å². The molecule has 2 rings (SSSR count). The van der Waals surface area contributed by atoms with Gasteiger partial charge in [-0.1, -0.05) is 12.1 Å². The predicted octanol–water partition coefficient (Wildman–Crippen LogP) is 2.34. The molecule has 96 valence electrons. The number of nitrogens with one attached hydrogen (secondary N) is 2. The number of carbonyl (C=O) groups excluding carboxylic acids is 1. The van der Waals surface area contributed by atoms with Crippen molar-refractivity contribution in [1.29, 1.82) is 0 Å². The van der Waals surface area contributed by atoms with E-state index in [1.807, 2.05) is 0 Å². The fourth-order valence-corrected chi connectivity index (χ4v) is 2.27. The Kier molecular flexibility index (Phi) is 3.49. The van der Waals surface area contributed by atoms with Crippen LogP contribution in [0.3, 0.4) is 0 Å². The van der Waals surface area contributed by atoms with Crippen LogP contribution in [0.1, 0.15) is 11.6 Å². The number of amides is 1. The third-order valence-corrected chi connectivity index (χ3v) is 3.18. The van der Waals surface area contributed by atoms with E-state index in [9.17, 15) is 18.0 Å². The maximum Gasteiger partial charge on any atom is 0.446 e. The lowest BCUT2D eigenvalue weighted by Gasteiger charge is -2.09. The van der Waals surface area contributed by atoms with Crippen molar-refractivity contribution in [3.05, 3.63) is 29.8 Å². The van der Waals surface area contributed by atoms with E-state index in [0.717, 1.165) is 0 Å². The molecule has 1 aromatic rings. The van der Waals surface area contributed by atoms with Gasteiger partial charge in [0.2, 0.25) is 0 Å². The molecule has 0 bridgehead atoms. The van der Waals surface area contributed by atoms with E-state index in [4.69, 9.17) is 12.2 Å². The van der Waals surface area contributed by atoms with Crippen LogP contribution >= 0.6 is 24.0 Å². The molecule has 0 saturated carbocycles. The molecule has 1 aliphatic heterocycles. The molecular formula is C10H7F3N2OS2. The first-order valence-electron chi connectivity index (χ1n) is 4.82. The summed E-state index contributed by atoms with van der Waals surface area (Å²) in [7, 11) is 0. The Labute approximate surface area is 110 Å². The van der Waals surface area contributed by atoms with Crippen LogP contribution in [0, 0.1) is 0 Å². The SMILES string of the molecule is O=C1NC(=S)NC1c1ccc(SC(F)(F)F)cc1. The number of rotatable bonds is 2. The van der Waals surface area contributed by atoms with E-state index in [0.29, 0.717) is 5.56 Å². The Balaban J connectivity index is 2.13. The van der Waals surface area contributed by atoms with Crippen molar-refractivity contribution in [3.8, 4) is 0 Å². The number of carbonyl (C=O) groups is 1. The average Bonchev–Trinajstić information content (AvgIpc) is 2.57. The van der Waals surface area contributed by atoms with Gasteiger partial charge in [0.15, 0.2) is 5.11 Å². The van der Waals surface area contributed by atoms with Crippen molar-refractivity contribution in [3.63, 3.8) is 0 Å². The van der Waals surface area contributed by atoms with Gasteiger partial charge in [-0.15, -0.1) is 0 Å².